The van der Waals surface area contributed by atoms with Gasteiger partial charge in [-0.25, -0.2) is 4.98 Å². The van der Waals surface area contributed by atoms with E-state index in [1.165, 1.54) is 11.1 Å². The van der Waals surface area contributed by atoms with E-state index in [2.05, 4.69) is 37.9 Å². The third kappa shape index (κ3) is 4.99. The van der Waals surface area contributed by atoms with Crippen molar-refractivity contribution in [1.29, 1.82) is 0 Å². The summed E-state index contributed by atoms with van der Waals surface area (Å²) in [7, 11) is 0. The van der Waals surface area contributed by atoms with Gasteiger partial charge in [-0.2, -0.15) is 0 Å². The van der Waals surface area contributed by atoms with Crippen LogP contribution in [0.3, 0.4) is 0 Å². The van der Waals surface area contributed by atoms with E-state index in [4.69, 9.17) is 0 Å². The van der Waals surface area contributed by atoms with Gasteiger partial charge in [-0.05, 0) is 45.0 Å². The molecule has 4 heteroatoms. The molecule has 0 amide bonds. The lowest BCUT2D eigenvalue weighted by Crippen LogP contribution is -1.85. The summed E-state index contributed by atoms with van der Waals surface area (Å²) in [6, 6.07) is 1.58. The predicted molar refractivity (Wildman–Crippen MR) is 73.6 cm³/mol. The number of aromatic nitrogens is 1. The first kappa shape index (κ1) is 14.2. The van der Waals surface area contributed by atoms with Crippen LogP contribution in [0, 0.1) is 10.1 Å². The van der Waals surface area contributed by atoms with Crippen molar-refractivity contribution in [2.75, 3.05) is 0 Å². The van der Waals surface area contributed by atoms with E-state index in [1.807, 2.05) is 0 Å². The molecule has 0 bridgehead atoms. The summed E-state index contributed by atoms with van der Waals surface area (Å²) < 4.78 is 0. The second-order valence-electron chi connectivity index (χ2n) is 4.73. The van der Waals surface area contributed by atoms with Gasteiger partial charge >= 0.3 is 5.82 Å². The van der Waals surface area contributed by atoms with Gasteiger partial charge in [0.15, 0.2) is 0 Å². The summed E-state index contributed by atoms with van der Waals surface area (Å²) in [5.41, 5.74) is 3.60. The van der Waals surface area contributed by atoms with E-state index in [0.717, 1.165) is 24.8 Å². The zero-order valence-electron chi connectivity index (χ0n) is 11.2. The van der Waals surface area contributed by atoms with Gasteiger partial charge in [-0.3, -0.25) is 0 Å². The molecule has 0 fully saturated rings. The van der Waals surface area contributed by atoms with Gasteiger partial charge in [-0.15, -0.1) is 0 Å². The molecule has 0 unspecified atom stereocenters. The highest BCUT2D eigenvalue weighted by molar-refractivity contribution is 5.28. The fourth-order valence-corrected chi connectivity index (χ4v) is 1.63. The number of hydrogen-bond acceptors (Lipinski definition) is 2. The molecule has 1 heterocycles. The monoisotopic (exact) mass is 248 g/mol. The molecule has 0 saturated heterocycles. The molecule has 1 aromatic heterocycles. The average molecular weight is 248 g/mol. The first-order chi connectivity index (χ1) is 8.49. The quantitative estimate of drug-likeness (QED) is 0.467. The molecule has 98 valence electrons. The van der Waals surface area contributed by atoms with Gasteiger partial charge in [-0.1, -0.05) is 23.3 Å². The summed E-state index contributed by atoms with van der Waals surface area (Å²) in [6.07, 6.45) is 8.88. The van der Waals surface area contributed by atoms with Crippen molar-refractivity contribution in [3.8, 4) is 0 Å². The first-order valence-electron chi connectivity index (χ1n) is 6.09. The number of allylic oxidation sites excluding steroid dienone is 4. The number of rotatable bonds is 6. The van der Waals surface area contributed by atoms with Crippen molar-refractivity contribution < 1.29 is 4.92 Å². The molecule has 1 N–H and O–H groups in total. The Morgan fingerprint density at radius 2 is 2.11 bits per heavy atom. The molecule has 1 rings (SSSR count). The zero-order valence-corrected chi connectivity index (χ0v) is 11.2. The van der Waals surface area contributed by atoms with Crippen LogP contribution in [0.5, 0.6) is 0 Å². The molecule has 0 aromatic carbocycles. The number of aromatic amines is 1. The fraction of sp³-hybridized carbons (Fsp3) is 0.429. The number of H-pyrrole nitrogens is 1. The highest BCUT2D eigenvalue weighted by atomic mass is 16.6. The van der Waals surface area contributed by atoms with Crippen LogP contribution < -0.4 is 0 Å². The molecule has 4 nitrogen and oxygen atoms in total. The number of nitrogens with zero attached hydrogens (tertiary/aromatic N) is 1. The molecule has 0 radical (unpaired) electrons. The zero-order chi connectivity index (χ0) is 13.5. The molecule has 1 aromatic rings. The van der Waals surface area contributed by atoms with Gasteiger partial charge in [0.25, 0.3) is 0 Å². The van der Waals surface area contributed by atoms with Gasteiger partial charge < -0.3 is 10.1 Å². The second kappa shape index (κ2) is 6.79. The smallest absolute Gasteiger partial charge is 0.321 e. The molecule has 0 atom stereocenters. The highest BCUT2D eigenvalue weighted by Gasteiger charge is 2.06. The van der Waals surface area contributed by atoms with Crippen LogP contribution in [0.2, 0.25) is 0 Å². The maximum atomic E-state index is 10.5. The highest BCUT2D eigenvalue weighted by Crippen LogP contribution is 2.14. The molecular weight excluding hydrogens is 228 g/mol. The van der Waals surface area contributed by atoms with E-state index in [1.54, 1.807) is 12.3 Å². The van der Waals surface area contributed by atoms with Crippen molar-refractivity contribution in [1.82, 2.24) is 4.98 Å². The summed E-state index contributed by atoms with van der Waals surface area (Å²) in [6.45, 7) is 6.29. The van der Waals surface area contributed by atoms with Crippen LogP contribution in [0.4, 0.5) is 5.82 Å². The van der Waals surface area contributed by atoms with Crippen molar-refractivity contribution in [2.45, 2.75) is 40.0 Å². The molecule has 0 aliphatic heterocycles. The number of nitrogens with one attached hydrogen (secondary N) is 1. The van der Waals surface area contributed by atoms with Crippen molar-refractivity contribution in [3.63, 3.8) is 0 Å². The van der Waals surface area contributed by atoms with E-state index < -0.39 is 4.92 Å². The van der Waals surface area contributed by atoms with Gasteiger partial charge in [0.05, 0.1) is 6.20 Å². The van der Waals surface area contributed by atoms with E-state index in [0.29, 0.717) is 0 Å². The predicted octanol–water partition coefficient (Wildman–Crippen LogP) is 4.16. The average Bonchev–Trinajstić information content (AvgIpc) is 2.74. The van der Waals surface area contributed by atoms with Crippen LogP contribution in [0.15, 0.2) is 35.6 Å². The minimum Gasteiger partial charge on any atom is -0.358 e. The standard InChI is InChI=1S/C14H20N2O2/c1-11(2)5-4-6-12(3)7-8-13-9-14(15-10-13)16(17)18/h5,7,9-10,15H,4,6,8H2,1-3H3/b12-7+. The Hall–Kier alpha value is -1.84. The minimum atomic E-state index is -0.408. The van der Waals surface area contributed by atoms with E-state index >= 15 is 0 Å². The van der Waals surface area contributed by atoms with E-state index in [9.17, 15) is 10.1 Å². The van der Waals surface area contributed by atoms with Crippen LogP contribution in [0.1, 0.15) is 39.2 Å². The van der Waals surface area contributed by atoms with Crippen LogP contribution in [-0.4, -0.2) is 9.91 Å². The molecular formula is C14H20N2O2. The Kier molecular flexibility index (Phi) is 5.36. The third-order valence-electron chi connectivity index (χ3n) is 2.70. The summed E-state index contributed by atoms with van der Waals surface area (Å²) in [5, 5.41) is 10.5. The SMILES string of the molecule is CC(C)=CCC/C(C)=C/Cc1c[nH]c([N+](=O)[O-])c1. The Balaban J connectivity index is 2.46. The lowest BCUT2D eigenvalue weighted by atomic mass is 10.1. The summed E-state index contributed by atoms with van der Waals surface area (Å²) in [4.78, 5) is 12.8. The van der Waals surface area contributed by atoms with Gasteiger partial charge in [0, 0.05) is 11.6 Å². The Bertz CT molecular complexity index is 466. The van der Waals surface area contributed by atoms with Crippen LogP contribution in [0.25, 0.3) is 0 Å². The van der Waals surface area contributed by atoms with Gasteiger partial charge in [0.2, 0.25) is 0 Å². The van der Waals surface area contributed by atoms with Gasteiger partial charge in [0.1, 0.15) is 0 Å². The topological polar surface area (TPSA) is 58.9 Å². The van der Waals surface area contributed by atoms with Crippen molar-refractivity contribution in [3.05, 3.63) is 51.2 Å². The Labute approximate surface area is 108 Å². The normalized spacial score (nSPS) is 11.4. The fourth-order valence-electron chi connectivity index (χ4n) is 1.63. The third-order valence-corrected chi connectivity index (χ3v) is 2.70. The molecule has 0 aliphatic carbocycles. The first-order valence-corrected chi connectivity index (χ1v) is 6.09. The molecule has 0 spiro atoms. The summed E-state index contributed by atoms with van der Waals surface area (Å²) >= 11 is 0. The lowest BCUT2D eigenvalue weighted by Gasteiger charge is -1.98. The Morgan fingerprint density at radius 1 is 1.39 bits per heavy atom. The maximum absolute atomic E-state index is 10.5. The number of hydrogen-bond donors (Lipinski definition) is 1. The lowest BCUT2D eigenvalue weighted by molar-refractivity contribution is -0.389. The van der Waals surface area contributed by atoms with Crippen LogP contribution in [-0.2, 0) is 6.42 Å². The molecule has 0 aliphatic rings. The Morgan fingerprint density at radius 3 is 2.67 bits per heavy atom. The maximum Gasteiger partial charge on any atom is 0.321 e. The van der Waals surface area contributed by atoms with Crippen molar-refractivity contribution >= 4 is 5.82 Å². The number of nitro groups is 1. The van der Waals surface area contributed by atoms with E-state index in [-0.39, 0.29) is 5.82 Å². The minimum absolute atomic E-state index is 0.0561. The second-order valence-corrected chi connectivity index (χ2v) is 4.73. The largest absolute Gasteiger partial charge is 0.358 e. The van der Waals surface area contributed by atoms with Crippen molar-refractivity contribution in [2.24, 2.45) is 0 Å². The summed E-state index contributed by atoms with van der Waals surface area (Å²) in [5.74, 6) is 0.0561. The molecule has 18 heavy (non-hydrogen) atoms. The molecule has 0 saturated carbocycles. The van der Waals surface area contributed by atoms with Crippen LogP contribution >= 0.6 is 0 Å².